The van der Waals surface area contributed by atoms with Gasteiger partial charge >= 0.3 is 0 Å². The summed E-state index contributed by atoms with van der Waals surface area (Å²) in [6, 6.07) is 61.8. The molecule has 8 aromatic rings. The Morgan fingerprint density at radius 3 is 1.55 bits per heavy atom. The van der Waals surface area contributed by atoms with Crippen molar-refractivity contribution < 1.29 is 0 Å². The van der Waals surface area contributed by atoms with E-state index < -0.39 is 0 Å². The minimum absolute atomic E-state index is 1.22. The summed E-state index contributed by atoms with van der Waals surface area (Å²) in [7, 11) is 0. The van der Waals surface area contributed by atoms with Crippen molar-refractivity contribution >= 4 is 32.3 Å². The maximum Gasteiger partial charge on any atom is -0.00199 e. The second kappa shape index (κ2) is 10.2. The summed E-state index contributed by atoms with van der Waals surface area (Å²) < 4.78 is 0. The first kappa shape index (κ1) is 24.3. The largest absolute Gasteiger partial charge is 0.0622 e. The topological polar surface area (TPSA) is 0 Å². The summed E-state index contributed by atoms with van der Waals surface area (Å²) in [4.78, 5) is 0. The molecule has 0 heteroatoms. The van der Waals surface area contributed by atoms with Crippen LogP contribution in [0.5, 0.6) is 0 Å². The smallest absolute Gasteiger partial charge is 0.00199 e. The molecule has 0 aromatic heterocycles. The molecule has 0 unspecified atom stereocenters. The maximum absolute atomic E-state index is 2.40. The summed E-state index contributed by atoms with van der Waals surface area (Å²) in [5.41, 5.74) is 9.97. The third-order valence-corrected chi connectivity index (χ3v) is 8.45. The van der Waals surface area contributed by atoms with Gasteiger partial charge in [0, 0.05) is 0 Å². The van der Waals surface area contributed by atoms with Crippen molar-refractivity contribution in [3.05, 3.63) is 170 Å². The standard InChI is InChI=1S/C42H28/c1-3-13-29(14-4-1)33-25-26-39-40(28-33)42(38-22-12-11-21-37(38)41(39)31-16-5-2-6-17-31)36-20-10-9-19-35(36)34-24-23-30-15-7-8-18-32(30)27-34/h1-28H. The number of hydrogen-bond donors (Lipinski definition) is 0. The van der Waals surface area contributed by atoms with Crippen LogP contribution in [-0.4, -0.2) is 0 Å². The molecule has 0 N–H and O–H groups in total. The Morgan fingerprint density at radius 1 is 0.238 bits per heavy atom. The molecule has 196 valence electrons. The van der Waals surface area contributed by atoms with Crippen molar-refractivity contribution in [1.29, 1.82) is 0 Å². The lowest BCUT2D eigenvalue weighted by Gasteiger charge is -2.20. The molecular weight excluding hydrogens is 504 g/mol. The summed E-state index contributed by atoms with van der Waals surface area (Å²) in [5.74, 6) is 0. The Labute approximate surface area is 246 Å². The van der Waals surface area contributed by atoms with Crippen LogP contribution < -0.4 is 0 Å². The fourth-order valence-corrected chi connectivity index (χ4v) is 6.50. The van der Waals surface area contributed by atoms with Gasteiger partial charge in [-0.25, -0.2) is 0 Å². The summed E-state index contributed by atoms with van der Waals surface area (Å²) in [5, 5.41) is 7.58. The number of benzene rings is 8. The van der Waals surface area contributed by atoms with Crippen LogP contribution in [-0.2, 0) is 0 Å². The van der Waals surface area contributed by atoms with Gasteiger partial charge in [-0.2, -0.15) is 0 Å². The van der Waals surface area contributed by atoms with Gasteiger partial charge < -0.3 is 0 Å². The quantitative estimate of drug-likeness (QED) is 0.198. The van der Waals surface area contributed by atoms with E-state index in [9.17, 15) is 0 Å². The van der Waals surface area contributed by atoms with Crippen LogP contribution in [0.15, 0.2) is 170 Å². The SMILES string of the molecule is c1ccc(-c2ccc3c(-c4ccccc4)c4ccccc4c(-c4ccccc4-c4ccc5ccccc5c4)c3c2)cc1. The van der Waals surface area contributed by atoms with Crippen molar-refractivity contribution in [2.24, 2.45) is 0 Å². The van der Waals surface area contributed by atoms with Gasteiger partial charge in [0.1, 0.15) is 0 Å². The van der Waals surface area contributed by atoms with E-state index in [1.165, 1.54) is 76.8 Å². The predicted octanol–water partition coefficient (Wildman–Crippen LogP) is 11.8. The van der Waals surface area contributed by atoms with Crippen molar-refractivity contribution in [1.82, 2.24) is 0 Å². The van der Waals surface area contributed by atoms with Gasteiger partial charge in [0.2, 0.25) is 0 Å². The Hall–Kier alpha value is -5.46. The van der Waals surface area contributed by atoms with Crippen LogP contribution in [0.1, 0.15) is 0 Å². The van der Waals surface area contributed by atoms with E-state index in [4.69, 9.17) is 0 Å². The van der Waals surface area contributed by atoms with E-state index >= 15 is 0 Å². The highest BCUT2D eigenvalue weighted by atomic mass is 14.2. The highest BCUT2D eigenvalue weighted by molar-refractivity contribution is 6.23. The molecule has 0 atom stereocenters. The molecule has 0 radical (unpaired) electrons. The molecule has 0 fully saturated rings. The Morgan fingerprint density at radius 2 is 0.786 bits per heavy atom. The number of fused-ring (bicyclic) bond motifs is 3. The molecule has 0 amide bonds. The molecule has 0 aliphatic carbocycles. The van der Waals surface area contributed by atoms with Crippen molar-refractivity contribution in [3.8, 4) is 44.5 Å². The van der Waals surface area contributed by atoms with Gasteiger partial charge in [-0.1, -0.05) is 158 Å². The molecule has 0 nitrogen and oxygen atoms in total. The Balaban J connectivity index is 1.50. The third-order valence-electron chi connectivity index (χ3n) is 8.45. The van der Waals surface area contributed by atoms with Crippen LogP contribution in [0, 0.1) is 0 Å². The molecule has 0 saturated heterocycles. The van der Waals surface area contributed by atoms with Gasteiger partial charge in [-0.3, -0.25) is 0 Å². The van der Waals surface area contributed by atoms with Crippen molar-refractivity contribution in [3.63, 3.8) is 0 Å². The fraction of sp³-hybridized carbons (Fsp3) is 0. The lowest BCUT2D eigenvalue weighted by molar-refractivity contribution is 1.61. The predicted molar refractivity (Wildman–Crippen MR) is 181 cm³/mol. The first-order valence-electron chi connectivity index (χ1n) is 14.5. The lowest BCUT2D eigenvalue weighted by atomic mass is 9.83. The first-order chi connectivity index (χ1) is 20.8. The number of rotatable bonds is 4. The average Bonchev–Trinajstić information content (AvgIpc) is 3.07. The molecule has 8 rings (SSSR count). The van der Waals surface area contributed by atoms with Crippen molar-refractivity contribution in [2.75, 3.05) is 0 Å². The molecule has 0 heterocycles. The molecule has 0 aliphatic rings. The summed E-state index contributed by atoms with van der Waals surface area (Å²) >= 11 is 0. The van der Waals surface area contributed by atoms with Crippen LogP contribution in [0.25, 0.3) is 76.8 Å². The minimum atomic E-state index is 1.22. The van der Waals surface area contributed by atoms with Crippen LogP contribution >= 0.6 is 0 Å². The van der Waals surface area contributed by atoms with E-state index in [2.05, 4.69) is 170 Å². The normalized spacial score (nSPS) is 11.3. The van der Waals surface area contributed by atoms with E-state index in [1.54, 1.807) is 0 Å². The average molecular weight is 533 g/mol. The zero-order valence-electron chi connectivity index (χ0n) is 23.2. The monoisotopic (exact) mass is 532 g/mol. The van der Waals surface area contributed by atoms with Gasteiger partial charge in [-0.15, -0.1) is 0 Å². The van der Waals surface area contributed by atoms with Crippen LogP contribution in [0.2, 0.25) is 0 Å². The second-order valence-corrected chi connectivity index (χ2v) is 10.9. The van der Waals surface area contributed by atoms with Gasteiger partial charge in [0.05, 0.1) is 0 Å². The summed E-state index contributed by atoms with van der Waals surface area (Å²) in [6.45, 7) is 0. The van der Waals surface area contributed by atoms with E-state index in [-0.39, 0.29) is 0 Å². The van der Waals surface area contributed by atoms with E-state index in [0.29, 0.717) is 0 Å². The van der Waals surface area contributed by atoms with E-state index in [1.807, 2.05) is 0 Å². The maximum atomic E-state index is 2.40. The summed E-state index contributed by atoms with van der Waals surface area (Å²) in [6.07, 6.45) is 0. The zero-order valence-corrected chi connectivity index (χ0v) is 23.2. The molecule has 0 saturated carbocycles. The third kappa shape index (κ3) is 4.08. The highest BCUT2D eigenvalue weighted by Gasteiger charge is 2.19. The highest BCUT2D eigenvalue weighted by Crippen LogP contribution is 2.47. The lowest BCUT2D eigenvalue weighted by Crippen LogP contribution is -1.93. The minimum Gasteiger partial charge on any atom is -0.0622 e. The molecule has 0 spiro atoms. The van der Waals surface area contributed by atoms with E-state index in [0.717, 1.165) is 0 Å². The van der Waals surface area contributed by atoms with Crippen LogP contribution in [0.4, 0.5) is 0 Å². The fourth-order valence-electron chi connectivity index (χ4n) is 6.50. The van der Waals surface area contributed by atoms with Crippen molar-refractivity contribution in [2.45, 2.75) is 0 Å². The number of hydrogen-bond acceptors (Lipinski definition) is 0. The Kier molecular flexibility index (Phi) is 5.90. The molecule has 42 heavy (non-hydrogen) atoms. The van der Waals surface area contributed by atoms with Gasteiger partial charge in [0.25, 0.3) is 0 Å². The molecule has 0 aliphatic heterocycles. The molecule has 8 aromatic carbocycles. The van der Waals surface area contributed by atoms with Gasteiger partial charge in [0.15, 0.2) is 0 Å². The van der Waals surface area contributed by atoms with Crippen LogP contribution in [0.3, 0.4) is 0 Å². The molecular formula is C42H28. The second-order valence-electron chi connectivity index (χ2n) is 10.9. The first-order valence-corrected chi connectivity index (χ1v) is 14.5. The molecule has 0 bridgehead atoms. The Bertz CT molecular complexity index is 2220. The van der Waals surface area contributed by atoms with Gasteiger partial charge in [-0.05, 0) is 89.0 Å². The zero-order chi connectivity index (χ0) is 27.9.